The van der Waals surface area contributed by atoms with Crippen molar-refractivity contribution in [3.05, 3.63) is 28.8 Å². The molecule has 1 atom stereocenters. The third kappa shape index (κ3) is 4.39. The van der Waals surface area contributed by atoms with Crippen molar-refractivity contribution in [3.63, 3.8) is 0 Å². The molecular weight excluding hydrogens is 270 g/mol. The Kier molecular flexibility index (Phi) is 6.18. The van der Waals surface area contributed by atoms with Gasteiger partial charge in [0.25, 0.3) is 0 Å². The molecule has 0 aliphatic heterocycles. The zero-order valence-corrected chi connectivity index (χ0v) is 13.4. The van der Waals surface area contributed by atoms with Gasteiger partial charge in [0.1, 0.15) is 5.75 Å². The van der Waals surface area contributed by atoms with Gasteiger partial charge in [-0.1, -0.05) is 37.8 Å². The van der Waals surface area contributed by atoms with E-state index in [0.29, 0.717) is 6.04 Å². The van der Waals surface area contributed by atoms with E-state index in [-0.39, 0.29) is 0 Å². The molecule has 20 heavy (non-hydrogen) atoms. The van der Waals surface area contributed by atoms with Crippen molar-refractivity contribution in [3.8, 4) is 5.75 Å². The molecule has 1 aliphatic rings. The van der Waals surface area contributed by atoms with Crippen LogP contribution in [0.15, 0.2) is 18.2 Å². The summed E-state index contributed by atoms with van der Waals surface area (Å²) >= 11 is 6.13. The molecule has 1 aromatic carbocycles. The minimum absolute atomic E-state index is 0.535. The lowest BCUT2D eigenvalue weighted by Gasteiger charge is -2.30. The van der Waals surface area contributed by atoms with Crippen LogP contribution in [0, 0.1) is 5.92 Å². The van der Waals surface area contributed by atoms with Crippen LogP contribution >= 0.6 is 11.6 Å². The second-order valence-corrected chi connectivity index (χ2v) is 6.28. The van der Waals surface area contributed by atoms with E-state index in [4.69, 9.17) is 16.3 Å². The molecule has 1 unspecified atom stereocenters. The number of ether oxygens (including phenoxy) is 1. The molecule has 3 heteroatoms. The third-order valence-electron chi connectivity index (χ3n) is 4.23. The smallest absolute Gasteiger partial charge is 0.122 e. The van der Waals surface area contributed by atoms with E-state index in [9.17, 15) is 0 Å². The molecular formula is C17H26ClNO. The summed E-state index contributed by atoms with van der Waals surface area (Å²) in [6, 6.07) is 6.44. The fourth-order valence-corrected chi connectivity index (χ4v) is 3.09. The monoisotopic (exact) mass is 295 g/mol. The zero-order valence-electron chi connectivity index (χ0n) is 12.6. The van der Waals surface area contributed by atoms with Crippen LogP contribution in [0.25, 0.3) is 0 Å². The van der Waals surface area contributed by atoms with E-state index in [1.165, 1.54) is 37.7 Å². The highest BCUT2D eigenvalue weighted by Crippen LogP contribution is 2.32. The summed E-state index contributed by atoms with van der Waals surface area (Å²) in [4.78, 5) is 0. The molecule has 112 valence electrons. The summed E-state index contributed by atoms with van der Waals surface area (Å²) in [5, 5.41) is 4.48. The van der Waals surface area contributed by atoms with E-state index < -0.39 is 0 Å². The van der Waals surface area contributed by atoms with Crippen molar-refractivity contribution >= 4 is 11.6 Å². The fourth-order valence-electron chi connectivity index (χ4n) is 2.89. The fraction of sp³-hybridized carbons (Fsp3) is 0.647. The highest BCUT2D eigenvalue weighted by molar-refractivity contribution is 6.30. The Morgan fingerprint density at radius 2 is 2.20 bits per heavy atom. The maximum atomic E-state index is 6.13. The van der Waals surface area contributed by atoms with Crippen molar-refractivity contribution in [2.45, 2.75) is 51.5 Å². The Balaban J connectivity index is 2.02. The molecule has 0 heterocycles. The quantitative estimate of drug-likeness (QED) is 0.765. The molecule has 1 fully saturated rings. The summed E-state index contributed by atoms with van der Waals surface area (Å²) in [6.45, 7) is 3.30. The van der Waals surface area contributed by atoms with Gasteiger partial charge in [0.05, 0.1) is 7.11 Å². The van der Waals surface area contributed by atoms with Crippen LogP contribution in [-0.4, -0.2) is 19.7 Å². The Morgan fingerprint density at radius 1 is 1.40 bits per heavy atom. The number of hydrogen-bond acceptors (Lipinski definition) is 2. The molecule has 1 N–H and O–H groups in total. The molecule has 0 bridgehead atoms. The molecule has 1 aliphatic carbocycles. The highest BCUT2D eigenvalue weighted by atomic mass is 35.5. The maximum absolute atomic E-state index is 6.13. The topological polar surface area (TPSA) is 21.3 Å². The molecule has 2 rings (SSSR count). The van der Waals surface area contributed by atoms with Gasteiger partial charge in [-0.3, -0.25) is 0 Å². The van der Waals surface area contributed by atoms with E-state index >= 15 is 0 Å². The number of benzene rings is 1. The van der Waals surface area contributed by atoms with E-state index in [2.05, 4.69) is 12.2 Å². The Hall–Kier alpha value is -0.730. The van der Waals surface area contributed by atoms with Gasteiger partial charge in [0.2, 0.25) is 0 Å². The van der Waals surface area contributed by atoms with Gasteiger partial charge in [-0.25, -0.2) is 0 Å². The van der Waals surface area contributed by atoms with Crippen molar-refractivity contribution in [2.75, 3.05) is 13.7 Å². The first-order chi connectivity index (χ1) is 9.72. The van der Waals surface area contributed by atoms with Gasteiger partial charge >= 0.3 is 0 Å². The van der Waals surface area contributed by atoms with Crippen molar-refractivity contribution in [1.29, 1.82) is 0 Å². The summed E-state index contributed by atoms with van der Waals surface area (Å²) in [5.41, 5.74) is 1.22. The molecule has 0 amide bonds. The second kappa shape index (κ2) is 7.90. The molecule has 0 spiro atoms. The number of rotatable bonds is 8. The molecule has 1 saturated carbocycles. The molecule has 0 saturated heterocycles. The summed E-state index contributed by atoms with van der Waals surface area (Å²) in [7, 11) is 1.73. The van der Waals surface area contributed by atoms with Crippen LogP contribution in [-0.2, 0) is 6.42 Å². The lowest BCUT2D eigenvalue weighted by Crippen LogP contribution is -2.35. The van der Waals surface area contributed by atoms with Crippen molar-refractivity contribution in [2.24, 2.45) is 5.92 Å². The first-order valence-corrected chi connectivity index (χ1v) is 8.16. The summed E-state index contributed by atoms with van der Waals surface area (Å²) in [5.74, 6) is 1.86. The van der Waals surface area contributed by atoms with Crippen LogP contribution < -0.4 is 10.1 Å². The van der Waals surface area contributed by atoms with Gasteiger partial charge < -0.3 is 10.1 Å². The van der Waals surface area contributed by atoms with Crippen LogP contribution in [0.1, 0.15) is 44.6 Å². The predicted molar refractivity (Wildman–Crippen MR) is 85.7 cm³/mol. The van der Waals surface area contributed by atoms with Crippen LogP contribution in [0.3, 0.4) is 0 Å². The SMILES string of the molecule is CCCNC(Cc1cc(Cl)ccc1OC)CC1CCC1. The van der Waals surface area contributed by atoms with Gasteiger partial charge in [-0.15, -0.1) is 0 Å². The Bertz CT molecular complexity index is 417. The zero-order chi connectivity index (χ0) is 14.4. The Labute approximate surface area is 127 Å². The predicted octanol–water partition coefficient (Wildman–Crippen LogP) is 4.45. The summed E-state index contributed by atoms with van der Waals surface area (Å²) in [6.07, 6.45) is 7.66. The normalized spacial score (nSPS) is 16.8. The molecule has 0 radical (unpaired) electrons. The average Bonchev–Trinajstić information content (AvgIpc) is 2.40. The molecule has 0 aromatic heterocycles. The average molecular weight is 296 g/mol. The Morgan fingerprint density at radius 3 is 2.80 bits per heavy atom. The lowest BCUT2D eigenvalue weighted by atomic mass is 9.80. The standard InChI is InChI=1S/C17H26ClNO/c1-3-9-19-16(10-13-5-4-6-13)12-14-11-15(18)7-8-17(14)20-2/h7-8,11,13,16,19H,3-6,9-10,12H2,1-2H3. The molecule has 1 aromatic rings. The lowest BCUT2D eigenvalue weighted by molar-refractivity contribution is 0.258. The van der Waals surface area contributed by atoms with E-state index in [0.717, 1.165) is 29.7 Å². The summed E-state index contributed by atoms with van der Waals surface area (Å²) < 4.78 is 5.46. The second-order valence-electron chi connectivity index (χ2n) is 5.84. The van der Waals surface area contributed by atoms with E-state index in [1.807, 2.05) is 18.2 Å². The van der Waals surface area contributed by atoms with Gasteiger partial charge in [-0.05, 0) is 55.5 Å². The largest absolute Gasteiger partial charge is 0.496 e. The third-order valence-corrected chi connectivity index (χ3v) is 4.47. The highest BCUT2D eigenvalue weighted by Gasteiger charge is 2.22. The van der Waals surface area contributed by atoms with Crippen LogP contribution in [0.5, 0.6) is 5.75 Å². The van der Waals surface area contributed by atoms with Crippen LogP contribution in [0.4, 0.5) is 0 Å². The van der Waals surface area contributed by atoms with E-state index in [1.54, 1.807) is 7.11 Å². The van der Waals surface area contributed by atoms with Gasteiger partial charge in [0, 0.05) is 11.1 Å². The number of methoxy groups -OCH3 is 1. The molecule has 2 nitrogen and oxygen atoms in total. The first-order valence-electron chi connectivity index (χ1n) is 7.78. The van der Waals surface area contributed by atoms with Crippen LogP contribution in [0.2, 0.25) is 5.02 Å². The number of halogens is 1. The van der Waals surface area contributed by atoms with Crippen molar-refractivity contribution < 1.29 is 4.74 Å². The first kappa shape index (κ1) is 15.7. The number of nitrogens with one attached hydrogen (secondary N) is 1. The number of hydrogen-bond donors (Lipinski definition) is 1. The van der Waals surface area contributed by atoms with Crippen molar-refractivity contribution in [1.82, 2.24) is 5.32 Å². The minimum atomic E-state index is 0.535. The minimum Gasteiger partial charge on any atom is -0.496 e. The van der Waals surface area contributed by atoms with Gasteiger partial charge in [0.15, 0.2) is 0 Å². The van der Waals surface area contributed by atoms with Gasteiger partial charge in [-0.2, -0.15) is 0 Å². The maximum Gasteiger partial charge on any atom is 0.122 e.